The quantitative estimate of drug-likeness (QED) is 0.809. The summed E-state index contributed by atoms with van der Waals surface area (Å²) in [7, 11) is 1.66. The molecule has 0 amide bonds. The molecule has 18 heavy (non-hydrogen) atoms. The van der Waals surface area contributed by atoms with Crippen LogP contribution in [0.15, 0.2) is 41.1 Å². The number of hydrogen-bond donors (Lipinski definition) is 0. The van der Waals surface area contributed by atoms with E-state index in [1.807, 2.05) is 41.2 Å². The van der Waals surface area contributed by atoms with E-state index in [2.05, 4.69) is 15.9 Å². The first kappa shape index (κ1) is 12.9. The molecule has 3 nitrogen and oxygen atoms in total. The van der Waals surface area contributed by atoms with Crippen LogP contribution in [0.25, 0.3) is 0 Å². The van der Waals surface area contributed by atoms with E-state index in [-0.39, 0.29) is 5.78 Å². The maximum Gasteiger partial charge on any atom is 0.161 e. The molecule has 0 aliphatic carbocycles. The molecule has 2 rings (SSSR count). The number of methoxy groups -OCH3 is 1. The Labute approximate surface area is 115 Å². The number of rotatable bonds is 4. The molecule has 1 aromatic heterocycles. The Bertz CT molecular complexity index is 575. The minimum absolute atomic E-state index is 0.0787. The molecule has 0 aliphatic rings. The van der Waals surface area contributed by atoms with Crippen molar-refractivity contribution in [1.82, 2.24) is 4.57 Å². The standard InChI is InChI=1S/C14H14BrNO2/c1-10(17)11-5-6-16(8-11)9-12-7-13(15)3-4-14(12)18-2/h3-8H,9H2,1-2H3. The van der Waals surface area contributed by atoms with E-state index in [1.165, 1.54) is 0 Å². The maximum absolute atomic E-state index is 11.2. The van der Waals surface area contributed by atoms with Crippen LogP contribution in [0.3, 0.4) is 0 Å². The molecule has 0 saturated heterocycles. The predicted octanol–water partition coefficient (Wildman–Crippen LogP) is 3.51. The van der Waals surface area contributed by atoms with E-state index in [4.69, 9.17) is 4.74 Å². The van der Waals surface area contributed by atoms with Gasteiger partial charge in [0.1, 0.15) is 5.75 Å². The van der Waals surface area contributed by atoms with Gasteiger partial charge in [-0.2, -0.15) is 0 Å². The van der Waals surface area contributed by atoms with Gasteiger partial charge in [0.15, 0.2) is 5.78 Å². The lowest BCUT2D eigenvalue weighted by Crippen LogP contribution is -2.00. The minimum Gasteiger partial charge on any atom is -0.496 e. The first-order chi connectivity index (χ1) is 8.60. The number of ether oxygens (including phenoxy) is 1. The van der Waals surface area contributed by atoms with Crippen molar-refractivity contribution in [2.75, 3.05) is 7.11 Å². The Morgan fingerprint density at radius 1 is 1.39 bits per heavy atom. The van der Waals surface area contributed by atoms with Crippen molar-refractivity contribution in [2.45, 2.75) is 13.5 Å². The predicted molar refractivity (Wildman–Crippen MR) is 74.2 cm³/mol. The first-order valence-electron chi connectivity index (χ1n) is 5.59. The van der Waals surface area contributed by atoms with Crippen molar-refractivity contribution in [3.63, 3.8) is 0 Å². The van der Waals surface area contributed by atoms with Gasteiger partial charge in [-0.25, -0.2) is 0 Å². The van der Waals surface area contributed by atoms with Crippen molar-refractivity contribution in [1.29, 1.82) is 0 Å². The van der Waals surface area contributed by atoms with Crippen LogP contribution in [-0.4, -0.2) is 17.5 Å². The van der Waals surface area contributed by atoms with Gasteiger partial charge in [0.25, 0.3) is 0 Å². The van der Waals surface area contributed by atoms with Crippen LogP contribution in [0.4, 0.5) is 0 Å². The first-order valence-corrected chi connectivity index (χ1v) is 6.38. The highest BCUT2D eigenvalue weighted by Crippen LogP contribution is 2.24. The van der Waals surface area contributed by atoms with Crippen LogP contribution < -0.4 is 4.74 Å². The SMILES string of the molecule is COc1ccc(Br)cc1Cn1ccc(C(C)=O)c1. The third kappa shape index (κ3) is 2.82. The van der Waals surface area contributed by atoms with Crippen molar-refractivity contribution in [2.24, 2.45) is 0 Å². The number of carbonyl (C=O) groups excluding carboxylic acids is 1. The van der Waals surface area contributed by atoms with Crippen LogP contribution in [0.1, 0.15) is 22.8 Å². The van der Waals surface area contributed by atoms with Crippen LogP contribution >= 0.6 is 15.9 Å². The smallest absolute Gasteiger partial charge is 0.161 e. The summed E-state index contributed by atoms with van der Waals surface area (Å²) in [5.74, 6) is 0.922. The van der Waals surface area contributed by atoms with Crippen LogP contribution in [0.5, 0.6) is 5.75 Å². The lowest BCUT2D eigenvalue weighted by atomic mass is 10.2. The number of carbonyl (C=O) groups is 1. The highest BCUT2D eigenvalue weighted by molar-refractivity contribution is 9.10. The molecule has 0 N–H and O–H groups in total. The lowest BCUT2D eigenvalue weighted by molar-refractivity contribution is 0.101. The highest BCUT2D eigenvalue weighted by Gasteiger charge is 2.06. The summed E-state index contributed by atoms with van der Waals surface area (Å²) in [6, 6.07) is 7.72. The summed E-state index contributed by atoms with van der Waals surface area (Å²) >= 11 is 3.45. The van der Waals surface area contributed by atoms with E-state index >= 15 is 0 Å². The van der Waals surface area contributed by atoms with Gasteiger partial charge in [0, 0.05) is 28.0 Å². The molecular formula is C14H14BrNO2. The Balaban J connectivity index is 2.27. The van der Waals surface area contributed by atoms with Crippen LogP contribution in [-0.2, 0) is 6.54 Å². The zero-order chi connectivity index (χ0) is 13.1. The summed E-state index contributed by atoms with van der Waals surface area (Å²) in [5, 5.41) is 0. The lowest BCUT2D eigenvalue weighted by Gasteiger charge is -2.09. The van der Waals surface area contributed by atoms with Crippen molar-refractivity contribution < 1.29 is 9.53 Å². The second kappa shape index (κ2) is 5.40. The van der Waals surface area contributed by atoms with Gasteiger partial charge < -0.3 is 9.30 Å². The molecule has 0 atom stereocenters. The second-order valence-corrected chi connectivity index (χ2v) is 5.00. The number of Topliss-reactive ketones (excluding diaryl/α,β-unsaturated/α-hetero) is 1. The summed E-state index contributed by atoms with van der Waals surface area (Å²) in [6.07, 6.45) is 3.75. The van der Waals surface area contributed by atoms with Gasteiger partial charge in [-0.15, -0.1) is 0 Å². The molecule has 94 valence electrons. The molecule has 0 unspecified atom stereocenters. The fourth-order valence-corrected chi connectivity index (χ4v) is 2.22. The van der Waals surface area contributed by atoms with Crippen LogP contribution in [0, 0.1) is 0 Å². The van der Waals surface area contributed by atoms with E-state index < -0.39 is 0 Å². The van der Waals surface area contributed by atoms with Crippen LogP contribution in [0.2, 0.25) is 0 Å². The van der Waals surface area contributed by atoms with E-state index in [1.54, 1.807) is 14.0 Å². The summed E-state index contributed by atoms with van der Waals surface area (Å²) in [4.78, 5) is 11.2. The van der Waals surface area contributed by atoms with E-state index in [0.29, 0.717) is 6.54 Å². The molecule has 0 saturated carbocycles. The topological polar surface area (TPSA) is 31.2 Å². The largest absolute Gasteiger partial charge is 0.496 e. The van der Waals surface area contributed by atoms with Crippen molar-refractivity contribution >= 4 is 21.7 Å². The zero-order valence-electron chi connectivity index (χ0n) is 10.3. The average Bonchev–Trinajstić information content (AvgIpc) is 2.78. The third-order valence-electron chi connectivity index (χ3n) is 2.75. The number of benzene rings is 1. The van der Waals surface area contributed by atoms with Crippen molar-refractivity contribution in [3.8, 4) is 5.75 Å². The van der Waals surface area contributed by atoms with E-state index in [0.717, 1.165) is 21.3 Å². The maximum atomic E-state index is 11.2. The molecule has 2 aromatic rings. The van der Waals surface area contributed by atoms with Gasteiger partial charge in [0.2, 0.25) is 0 Å². The molecule has 1 aromatic carbocycles. The second-order valence-electron chi connectivity index (χ2n) is 4.08. The minimum atomic E-state index is 0.0787. The summed E-state index contributed by atoms with van der Waals surface area (Å²) < 4.78 is 8.31. The Morgan fingerprint density at radius 2 is 2.17 bits per heavy atom. The Kier molecular flexibility index (Phi) is 3.87. The summed E-state index contributed by atoms with van der Waals surface area (Å²) in [6.45, 7) is 2.25. The number of ketones is 1. The fourth-order valence-electron chi connectivity index (χ4n) is 1.81. The van der Waals surface area contributed by atoms with Gasteiger partial charge in [0.05, 0.1) is 13.7 Å². The molecule has 0 aliphatic heterocycles. The Hall–Kier alpha value is -1.55. The third-order valence-corrected chi connectivity index (χ3v) is 3.25. The molecular weight excluding hydrogens is 294 g/mol. The van der Waals surface area contributed by atoms with E-state index in [9.17, 15) is 4.79 Å². The van der Waals surface area contributed by atoms with Crippen molar-refractivity contribution in [3.05, 3.63) is 52.3 Å². The highest BCUT2D eigenvalue weighted by atomic mass is 79.9. The number of aromatic nitrogens is 1. The van der Waals surface area contributed by atoms with Gasteiger partial charge in [-0.1, -0.05) is 15.9 Å². The molecule has 0 spiro atoms. The van der Waals surface area contributed by atoms with Gasteiger partial charge in [-0.05, 0) is 31.2 Å². The van der Waals surface area contributed by atoms with Gasteiger partial charge in [-0.3, -0.25) is 4.79 Å². The fraction of sp³-hybridized carbons (Fsp3) is 0.214. The molecule has 4 heteroatoms. The number of hydrogen-bond acceptors (Lipinski definition) is 2. The molecule has 0 bridgehead atoms. The summed E-state index contributed by atoms with van der Waals surface area (Å²) in [5.41, 5.74) is 1.79. The number of halogens is 1. The molecule has 0 fully saturated rings. The molecule has 1 heterocycles. The zero-order valence-corrected chi connectivity index (χ0v) is 11.9. The normalized spacial score (nSPS) is 10.4. The Morgan fingerprint density at radius 3 is 2.78 bits per heavy atom. The number of nitrogens with zero attached hydrogens (tertiary/aromatic N) is 1. The monoisotopic (exact) mass is 307 g/mol. The molecule has 0 radical (unpaired) electrons. The van der Waals surface area contributed by atoms with Gasteiger partial charge >= 0.3 is 0 Å². The average molecular weight is 308 g/mol.